The summed E-state index contributed by atoms with van der Waals surface area (Å²) in [6.45, 7) is 0.537. The van der Waals surface area contributed by atoms with Gasteiger partial charge in [-0.2, -0.15) is 5.48 Å². The maximum Gasteiger partial charge on any atom is 0.0968 e. The van der Waals surface area contributed by atoms with E-state index in [9.17, 15) is 0 Å². The van der Waals surface area contributed by atoms with Crippen molar-refractivity contribution in [3.63, 3.8) is 0 Å². The molecule has 56 valence electrons. The summed E-state index contributed by atoms with van der Waals surface area (Å²) < 4.78 is 4.35. The van der Waals surface area contributed by atoms with Crippen LogP contribution in [-0.2, 0) is 14.2 Å². The Morgan fingerprint density at radius 1 is 1.67 bits per heavy atom. The van der Waals surface area contributed by atoms with Gasteiger partial charge in [0.05, 0.1) is 13.2 Å². The lowest BCUT2D eigenvalue weighted by atomic mass is 10.7. The summed E-state index contributed by atoms with van der Waals surface area (Å²) in [6.07, 6.45) is 1.71. The maximum absolute atomic E-state index is 7.78. The van der Waals surface area contributed by atoms with Crippen LogP contribution in [0.4, 0.5) is 0 Å². The number of hydroxylamine groups is 1. The molecule has 0 unspecified atom stereocenters. The highest BCUT2D eigenvalue weighted by atomic mass is 32.2. The molecule has 6 heteroatoms. The Morgan fingerprint density at radius 2 is 2.44 bits per heavy atom. The lowest BCUT2D eigenvalue weighted by molar-refractivity contribution is -0.270. The highest BCUT2D eigenvalue weighted by Crippen LogP contribution is 1.91. The van der Waals surface area contributed by atoms with Crippen molar-refractivity contribution in [2.75, 3.05) is 19.4 Å². The second-order valence-corrected chi connectivity index (χ2v) is 1.52. The van der Waals surface area contributed by atoms with Crippen LogP contribution in [0.25, 0.3) is 0 Å². The van der Waals surface area contributed by atoms with Gasteiger partial charge in [-0.3, -0.25) is 5.26 Å². The summed E-state index contributed by atoms with van der Waals surface area (Å²) in [7, 11) is 0. The zero-order chi connectivity index (χ0) is 6.95. The fraction of sp³-hybridized carbons (Fsp3) is 1.00. The quantitative estimate of drug-likeness (QED) is 0.247. The van der Waals surface area contributed by atoms with Crippen molar-refractivity contribution >= 4 is 12.0 Å². The van der Waals surface area contributed by atoms with Crippen LogP contribution in [0.15, 0.2) is 0 Å². The van der Waals surface area contributed by atoms with E-state index in [0.717, 1.165) is 12.0 Å². The number of hydrogen-bond donors (Lipinski definition) is 2. The van der Waals surface area contributed by atoms with E-state index in [1.807, 2.05) is 0 Å². The van der Waals surface area contributed by atoms with Crippen LogP contribution >= 0.6 is 12.0 Å². The van der Waals surface area contributed by atoms with E-state index in [0.29, 0.717) is 6.54 Å². The van der Waals surface area contributed by atoms with Gasteiger partial charge in [0.15, 0.2) is 0 Å². The zero-order valence-electron chi connectivity index (χ0n) is 4.99. The first-order chi connectivity index (χ1) is 4.41. The highest BCUT2D eigenvalue weighted by molar-refractivity contribution is 7.93. The van der Waals surface area contributed by atoms with Gasteiger partial charge in [0, 0.05) is 18.3 Å². The van der Waals surface area contributed by atoms with Gasteiger partial charge in [0.1, 0.15) is 0 Å². The van der Waals surface area contributed by atoms with Gasteiger partial charge in [0.2, 0.25) is 0 Å². The summed E-state index contributed by atoms with van der Waals surface area (Å²) in [5, 5.41) is 7.78. The Kier molecular flexibility index (Phi) is 8.29. The normalized spacial score (nSPS) is 10.0. The van der Waals surface area contributed by atoms with Crippen molar-refractivity contribution < 1.29 is 19.5 Å². The molecule has 0 aliphatic carbocycles. The largest absolute Gasteiger partial charge is 0.252 e. The fourth-order valence-corrected chi connectivity index (χ4v) is 0.303. The van der Waals surface area contributed by atoms with Gasteiger partial charge in [-0.05, 0) is 0 Å². The standard InChI is InChI=1S/C3H9NO4S/c1-9-8-7-4-2-3-6-5/h4-5H,2-3H2,1H3. The highest BCUT2D eigenvalue weighted by Gasteiger charge is 1.84. The van der Waals surface area contributed by atoms with E-state index < -0.39 is 0 Å². The molecule has 0 rings (SSSR count). The van der Waals surface area contributed by atoms with Crippen molar-refractivity contribution in [1.29, 1.82) is 0 Å². The van der Waals surface area contributed by atoms with Crippen LogP contribution in [0.1, 0.15) is 0 Å². The molecule has 0 amide bonds. The molecule has 0 heterocycles. The molecule has 0 aromatic heterocycles. The van der Waals surface area contributed by atoms with Crippen molar-refractivity contribution in [1.82, 2.24) is 5.48 Å². The van der Waals surface area contributed by atoms with Crippen LogP contribution in [0.3, 0.4) is 0 Å². The molecule has 0 saturated carbocycles. The van der Waals surface area contributed by atoms with Crippen molar-refractivity contribution in [2.45, 2.75) is 0 Å². The Hall–Kier alpha value is 0.150. The van der Waals surface area contributed by atoms with Gasteiger partial charge in [0.25, 0.3) is 0 Å². The van der Waals surface area contributed by atoms with Crippen LogP contribution in [0.5, 0.6) is 0 Å². The first-order valence-electron chi connectivity index (χ1n) is 2.27. The SMILES string of the molecule is CSOONCCOO. The average molecular weight is 155 g/mol. The third-order valence-corrected chi connectivity index (χ3v) is 0.661. The summed E-state index contributed by atoms with van der Waals surface area (Å²) in [5.74, 6) is 0. The van der Waals surface area contributed by atoms with Crippen LogP contribution < -0.4 is 5.48 Å². The predicted molar refractivity (Wildman–Crippen MR) is 32.3 cm³/mol. The molecule has 9 heavy (non-hydrogen) atoms. The first kappa shape index (κ1) is 9.15. The zero-order valence-corrected chi connectivity index (χ0v) is 5.81. The van der Waals surface area contributed by atoms with Crippen LogP contribution in [0.2, 0.25) is 0 Å². The van der Waals surface area contributed by atoms with E-state index in [1.54, 1.807) is 6.26 Å². The Labute approximate surface area is 57.3 Å². The molecule has 0 aliphatic heterocycles. The molecule has 0 fully saturated rings. The van der Waals surface area contributed by atoms with E-state index in [2.05, 4.69) is 19.7 Å². The number of hydrogen-bond acceptors (Lipinski definition) is 6. The molecule has 0 aromatic carbocycles. The van der Waals surface area contributed by atoms with Gasteiger partial charge >= 0.3 is 0 Å². The number of nitrogens with one attached hydrogen (secondary N) is 1. The van der Waals surface area contributed by atoms with E-state index in [1.165, 1.54) is 0 Å². The molecular weight excluding hydrogens is 146 g/mol. The third kappa shape index (κ3) is 8.15. The molecule has 5 nitrogen and oxygen atoms in total. The molecule has 2 N–H and O–H groups in total. The van der Waals surface area contributed by atoms with Crippen LogP contribution in [-0.4, -0.2) is 24.7 Å². The number of rotatable bonds is 6. The summed E-state index contributed by atoms with van der Waals surface area (Å²) in [4.78, 5) is 8.02. The molecule has 0 aliphatic rings. The van der Waals surface area contributed by atoms with Crippen molar-refractivity contribution in [3.05, 3.63) is 0 Å². The molecule has 0 bridgehead atoms. The third-order valence-electron chi connectivity index (χ3n) is 0.456. The fourth-order valence-electron chi connectivity index (χ4n) is 0.187. The van der Waals surface area contributed by atoms with E-state index in [4.69, 9.17) is 5.26 Å². The molecule has 0 spiro atoms. The molecule has 0 atom stereocenters. The summed E-state index contributed by atoms with van der Waals surface area (Å²) in [5.41, 5.74) is 2.36. The Morgan fingerprint density at radius 3 is 3.00 bits per heavy atom. The minimum absolute atomic E-state index is 0.164. The van der Waals surface area contributed by atoms with Gasteiger partial charge in [-0.15, -0.1) is 9.32 Å². The van der Waals surface area contributed by atoms with Crippen molar-refractivity contribution in [2.24, 2.45) is 0 Å². The topological polar surface area (TPSA) is 60.0 Å². The average Bonchev–Trinajstić information content (AvgIpc) is 1.89. The van der Waals surface area contributed by atoms with Gasteiger partial charge < -0.3 is 0 Å². The first-order valence-corrected chi connectivity index (χ1v) is 3.42. The summed E-state index contributed by atoms with van der Waals surface area (Å²) >= 11 is 1.07. The minimum Gasteiger partial charge on any atom is -0.252 e. The van der Waals surface area contributed by atoms with Gasteiger partial charge in [-0.25, -0.2) is 4.89 Å². The maximum atomic E-state index is 7.78. The van der Waals surface area contributed by atoms with E-state index >= 15 is 0 Å². The van der Waals surface area contributed by atoms with Gasteiger partial charge in [-0.1, -0.05) is 0 Å². The molecular formula is C3H9NO4S. The lowest BCUT2D eigenvalue weighted by Crippen LogP contribution is -2.18. The Balaban J connectivity index is 2.60. The summed E-state index contributed by atoms with van der Waals surface area (Å²) in [6, 6.07) is 0. The Bertz CT molecular complexity index is 49.1. The predicted octanol–water partition coefficient (Wildman–Crippen LogP) is 0.207. The molecule has 0 saturated heterocycles. The lowest BCUT2D eigenvalue weighted by Gasteiger charge is -1.98. The second-order valence-electron chi connectivity index (χ2n) is 1.05. The molecule has 0 radical (unpaired) electrons. The van der Waals surface area contributed by atoms with Crippen LogP contribution in [0, 0.1) is 0 Å². The second kappa shape index (κ2) is 8.15. The van der Waals surface area contributed by atoms with Crippen molar-refractivity contribution in [3.8, 4) is 0 Å². The minimum atomic E-state index is 0.164. The smallest absolute Gasteiger partial charge is 0.0968 e. The monoisotopic (exact) mass is 155 g/mol. The molecule has 0 aromatic rings. The van der Waals surface area contributed by atoms with E-state index in [-0.39, 0.29) is 6.61 Å².